The molecule has 160 valence electrons. The van der Waals surface area contributed by atoms with Gasteiger partial charge in [0.05, 0.1) is 23.9 Å². The second-order valence-electron chi connectivity index (χ2n) is 11.3. The average Bonchev–Trinajstić information content (AvgIpc) is 3.23. The summed E-state index contributed by atoms with van der Waals surface area (Å²) in [5.41, 5.74) is -0.253. The smallest absolute Gasteiger partial charge is 0.314 e. The predicted molar refractivity (Wildman–Crippen MR) is 111 cm³/mol. The van der Waals surface area contributed by atoms with E-state index in [9.17, 15) is 15.0 Å². The lowest BCUT2D eigenvalue weighted by atomic mass is 9.42. The zero-order chi connectivity index (χ0) is 20.7. The van der Waals surface area contributed by atoms with Crippen molar-refractivity contribution in [2.24, 2.45) is 34.5 Å². The molecule has 0 aromatic heterocycles. The SMILES string of the molecule is C=C[C@@]1(O)CC[C@@]2(C)[C@H](CC[C@@H]3[C@@H]2CC[C@]2(C)[C@@H](C4=COC(=O)C4)CC[C@]32O)C1. The Morgan fingerprint density at radius 1 is 1.07 bits per heavy atom. The van der Waals surface area contributed by atoms with E-state index in [1.165, 1.54) is 0 Å². The van der Waals surface area contributed by atoms with Gasteiger partial charge in [0, 0.05) is 5.41 Å². The van der Waals surface area contributed by atoms with Crippen molar-refractivity contribution in [2.45, 2.75) is 89.3 Å². The Kier molecular flexibility index (Phi) is 4.23. The first-order chi connectivity index (χ1) is 13.7. The maximum absolute atomic E-state index is 12.2. The topological polar surface area (TPSA) is 66.8 Å². The van der Waals surface area contributed by atoms with E-state index >= 15 is 0 Å². The molecule has 0 spiro atoms. The van der Waals surface area contributed by atoms with E-state index in [0.717, 1.165) is 63.4 Å². The molecule has 2 N–H and O–H groups in total. The molecule has 5 aliphatic rings. The maximum atomic E-state index is 12.2. The first kappa shape index (κ1) is 19.8. The van der Waals surface area contributed by atoms with Crippen LogP contribution >= 0.6 is 0 Å². The molecule has 4 aliphatic carbocycles. The van der Waals surface area contributed by atoms with Crippen LogP contribution in [0, 0.1) is 34.5 Å². The molecule has 1 heterocycles. The summed E-state index contributed by atoms with van der Waals surface area (Å²) in [5.74, 6) is 1.44. The number of carbonyl (C=O) groups excluding carboxylic acids is 1. The number of esters is 1. The normalized spacial score (nSPS) is 54.1. The summed E-state index contributed by atoms with van der Waals surface area (Å²) in [6.07, 6.45) is 12.5. The first-order valence-corrected chi connectivity index (χ1v) is 11.6. The fourth-order valence-corrected chi connectivity index (χ4v) is 8.62. The van der Waals surface area contributed by atoms with E-state index in [-0.39, 0.29) is 22.7 Å². The van der Waals surface area contributed by atoms with Gasteiger partial charge in [-0.3, -0.25) is 4.79 Å². The number of rotatable bonds is 2. The van der Waals surface area contributed by atoms with E-state index in [0.29, 0.717) is 24.2 Å². The highest BCUT2D eigenvalue weighted by atomic mass is 16.5. The summed E-state index contributed by atoms with van der Waals surface area (Å²) in [6.45, 7) is 8.59. The van der Waals surface area contributed by atoms with Crippen LogP contribution in [0.1, 0.15) is 78.1 Å². The van der Waals surface area contributed by atoms with Gasteiger partial charge in [-0.15, -0.1) is 6.58 Å². The minimum Gasteiger partial charge on any atom is -0.434 e. The van der Waals surface area contributed by atoms with E-state index in [2.05, 4.69) is 20.4 Å². The van der Waals surface area contributed by atoms with Crippen molar-refractivity contribution >= 4 is 5.97 Å². The van der Waals surface area contributed by atoms with Crippen LogP contribution in [0.3, 0.4) is 0 Å². The molecule has 0 unspecified atom stereocenters. The second-order valence-corrected chi connectivity index (χ2v) is 11.3. The molecule has 4 fully saturated rings. The Labute approximate surface area is 174 Å². The summed E-state index contributed by atoms with van der Waals surface area (Å²) in [5, 5.41) is 23.0. The molecule has 0 aromatic carbocycles. The number of fused-ring (bicyclic) bond motifs is 5. The highest BCUT2D eigenvalue weighted by Gasteiger charge is 2.68. The van der Waals surface area contributed by atoms with E-state index < -0.39 is 11.2 Å². The van der Waals surface area contributed by atoms with Crippen LogP contribution in [-0.2, 0) is 9.53 Å². The van der Waals surface area contributed by atoms with Crippen LogP contribution in [-0.4, -0.2) is 27.4 Å². The van der Waals surface area contributed by atoms with Crippen molar-refractivity contribution in [1.82, 2.24) is 0 Å². The number of carbonyl (C=O) groups is 1. The first-order valence-electron chi connectivity index (χ1n) is 11.6. The van der Waals surface area contributed by atoms with Crippen molar-refractivity contribution in [3.63, 3.8) is 0 Å². The zero-order valence-corrected chi connectivity index (χ0v) is 18.0. The summed E-state index contributed by atoms with van der Waals surface area (Å²) < 4.78 is 5.14. The fourth-order valence-electron chi connectivity index (χ4n) is 8.62. The molecule has 0 saturated heterocycles. The average molecular weight is 401 g/mol. The van der Waals surface area contributed by atoms with Gasteiger partial charge < -0.3 is 14.9 Å². The van der Waals surface area contributed by atoms with Crippen LogP contribution in [0.25, 0.3) is 0 Å². The molecule has 0 amide bonds. The third-order valence-corrected chi connectivity index (χ3v) is 10.5. The standard InChI is InChI=1S/C25H36O4/c1-4-24(27)12-11-22(2)17(14-24)5-6-20-19(22)7-9-23(3)18(8-10-25(20,23)28)16-13-21(26)29-15-16/h4,15,17-20,27-28H,1,5-14H2,2-3H3/t17-,18-,19+,20-,22+,23-,24-,25+/m1/s1. The van der Waals surface area contributed by atoms with Crippen LogP contribution in [0.4, 0.5) is 0 Å². The lowest BCUT2D eigenvalue weighted by Crippen LogP contribution is -2.62. The van der Waals surface area contributed by atoms with Crippen molar-refractivity contribution in [3.8, 4) is 0 Å². The summed E-state index contributed by atoms with van der Waals surface area (Å²) in [6, 6.07) is 0. The molecule has 4 heteroatoms. The van der Waals surface area contributed by atoms with Crippen LogP contribution in [0.2, 0.25) is 0 Å². The molecule has 8 atom stereocenters. The van der Waals surface area contributed by atoms with Gasteiger partial charge in [-0.25, -0.2) is 0 Å². The Bertz CT molecular complexity index is 773. The Morgan fingerprint density at radius 3 is 2.55 bits per heavy atom. The molecule has 4 nitrogen and oxygen atoms in total. The third kappa shape index (κ3) is 2.54. The molecular weight excluding hydrogens is 364 g/mol. The van der Waals surface area contributed by atoms with Gasteiger partial charge in [0.15, 0.2) is 0 Å². The number of aliphatic hydroxyl groups is 2. The molecule has 5 rings (SSSR count). The van der Waals surface area contributed by atoms with E-state index in [4.69, 9.17) is 4.74 Å². The summed E-state index contributed by atoms with van der Waals surface area (Å²) in [7, 11) is 0. The lowest BCUT2D eigenvalue weighted by Gasteiger charge is -2.64. The monoisotopic (exact) mass is 400 g/mol. The maximum Gasteiger partial charge on any atom is 0.314 e. The fraction of sp³-hybridized carbons (Fsp3) is 0.800. The molecule has 0 bridgehead atoms. The van der Waals surface area contributed by atoms with Gasteiger partial charge >= 0.3 is 5.97 Å². The molecule has 1 aliphatic heterocycles. The highest BCUT2D eigenvalue weighted by Crippen LogP contribution is 2.70. The minimum atomic E-state index is -0.711. The highest BCUT2D eigenvalue weighted by molar-refractivity contribution is 5.76. The van der Waals surface area contributed by atoms with Gasteiger partial charge in [0.25, 0.3) is 0 Å². The van der Waals surface area contributed by atoms with E-state index in [1.54, 1.807) is 12.3 Å². The Hall–Kier alpha value is -1.13. The molecule has 29 heavy (non-hydrogen) atoms. The minimum absolute atomic E-state index is 0.155. The summed E-state index contributed by atoms with van der Waals surface area (Å²) in [4.78, 5) is 11.7. The van der Waals surface area contributed by atoms with Crippen molar-refractivity contribution in [2.75, 3.05) is 0 Å². The van der Waals surface area contributed by atoms with Crippen molar-refractivity contribution in [3.05, 3.63) is 24.5 Å². The van der Waals surface area contributed by atoms with Gasteiger partial charge in [-0.2, -0.15) is 0 Å². The van der Waals surface area contributed by atoms with E-state index in [1.807, 2.05) is 0 Å². The quantitative estimate of drug-likeness (QED) is 0.529. The second kappa shape index (κ2) is 6.20. The third-order valence-electron chi connectivity index (χ3n) is 10.5. The molecule has 0 radical (unpaired) electrons. The van der Waals surface area contributed by atoms with Crippen molar-refractivity contribution < 1.29 is 19.7 Å². The van der Waals surface area contributed by atoms with Crippen LogP contribution in [0.15, 0.2) is 24.5 Å². The Morgan fingerprint density at radius 2 is 1.86 bits per heavy atom. The zero-order valence-electron chi connectivity index (χ0n) is 18.0. The molecular formula is C25H36O4. The van der Waals surface area contributed by atoms with Gasteiger partial charge in [0.2, 0.25) is 0 Å². The van der Waals surface area contributed by atoms with Gasteiger partial charge in [-0.1, -0.05) is 19.9 Å². The molecule has 0 aromatic rings. The Balaban J connectivity index is 1.44. The lowest BCUT2D eigenvalue weighted by molar-refractivity contribution is -0.211. The van der Waals surface area contributed by atoms with Crippen molar-refractivity contribution in [1.29, 1.82) is 0 Å². The van der Waals surface area contributed by atoms with Crippen LogP contribution < -0.4 is 0 Å². The summed E-state index contributed by atoms with van der Waals surface area (Å²) >= 11 is 0. The van der Waals surface area contributed by atoms with Gasteiger partial charge in [0.1, 0.15) is 0 Å². The largest absolute Gasteiger partial charge is 0.434 e. The van der Waals surface area contributed by atoms with Gasteiger partial charge in [-0.05, 0) is 92.4 Å². The number of ether oxygens (including phenoxy) is 1. The number of cyclic esters (lactones) is 1. The predicted octanol–water partition coefficient (Wildman–Crippen LogP) is 4.51. The number of hydrogen-bond donors (Lipinski definition) is 2. The number of hydrogen-bond acceptors (Lipinski definition) is 4. The molecule has 4 saturated carbocycles. The van der Waals surface area contributed by atoms with Crippen LogP contribution in [0.5, 0.6) is 0 Å².